The number of carboxylic acids is 1. The average molecular weight is 511 g/mol. The molecule has 0 aliphatic rings. The van der Waals surface area contributed by atoms with Gasteiger partial charge in [-0.1, -0.05) is 20.3 Å². The minimum atomic E-state index is -1.66. The largest absolute Gasteiger partial charge is 0.480 e. The van der Waals surface area contributed by atoms with Crippen LogP contribution in [-0.4, -0.2) is 74.7 Å². The first-order chi connectivity index (χ1) is 16.8. The summed E-state index contributed by atoms with van der Waals surface area (Å²) in [7, 11) is 0. The average Bonchev–Trinajstić information content (AvgIpc) is 3.32. The molecule has 15 heteroatoms. The van der Waals surface area contributed by atoms with Gasteiger partial charge in [0.05, 0.1) is 18.8 Å². The van der Waals surface area contributed by atoms with E-state index in [0.29, 0.717) is 12.1 Å². The Labute approximate surface area is 207 Å². The highest BCUT2D eigenvalue weighted by Crippen LogP contribution is 2.08. The summed E-state index contributed by atoms with van der Waals surface area (Å²) in [4.78, 5) is 79.0. The van der Waals surface area contributed by atoms with Gasteiger partial charge in [-0.15, -0.1) is 0 Å². The first kappa shape index (κ1) is 30.0. The Morgan fingerprint density at radius 1 is 0.972 bits per heavy atom. The number of aromatic amines is 1. The molecule has 0 bridgehead atoms. The summed E-state index contributed by atoms with van der Waals surface area (Å²) >= 11 is 0. The number of nitrogens with one attached hydrogen (secondary N) is 4. The van der Waals surface area contributed by atoms with Gasteiger partial charge in [-0.05, 0) is 12.3 Å². The summed E-state index contributed by atoms with van der Waals surface area (Å²) in [5, 5.41) is 16.3. The zero-order chi connectivity index (χ0) is 27.4. The number of hydrogen-bond donors (Lipinski definition) is 8. The van der Waals surface area contributed by atoms with E-state index >= 15 is 0 Å². The van der Waals surface area contributed by atoms with Gasteiger partial charge < -0.3 is 43.2 Å². The number of aromatic nitrogens is 2. The van der Waals surface area contributed by atoms with Crippen LogP contribution in [-0.2, 0) is 35.2 Å². The minimum absolute atomic E-state index is 0.0333. The van der Waals surface area contributed by atoms with Crippen molar-refractivity contribution in [3.8, 4) is 0 Å². The summed E-state index contributed by atoms with van der Waals surface area (Å²) in [5.41, 5.74) is 16.7. The molecule has 1 aromatic rings. The fraction of sp³-hybridized carbons (Fsp3) is 0.571. The normalized spacial score (nSPS) is 15.0. The molecule has 15 nitrogen and oxygen atoms in total. The van der Waals surface area contributed by atoms with E-state index in [-0.39, 0.29) is 25.2 Å². The number of carboxylic acid groups (broad SMARTS) is 1. The van der Waals surface area contributed by atoms with E-state index in [4.69, 9.17) is 17.2 Å². The minimum Gasteiger partial charge on any atom is -0.480 e. The van der Waals surface area contributed by atoms with Crippen molar-refractivity contribution in [1.29, 1.82) is 0 Å². The number of aliphatic carboxylic acids is 1. The van der Waals surface area contributed by atoms with Crippen molar-refractivity contribution in [3.63, 3.8) is 0 Å². The zero-order valence-electron chi connectivity index (χ0n) is 20.2. The topological polar surface area (TPSA) is 265 Å². The van der Waals surface area contributed by atoms with Crippen LogP contribution in [0.4, 0.5) is 0 Å². The molecule has 11 N–H and O–H groups in total. The van der Waals surface area contributed by atoms with Crippen LogP contribution >= 0.6 is 0 Å². The van der Waals surface area contributed by atoms with Gasteiger partial charge in [0.15, 0.2) is 0 Å². The van der Waals surface area contributed by atoms with Crippen molar-refractivity contribution in [1.82, 2.24) is 25.9 Å². The molecule has 5 atom stereocenters. The van der Waals surface area contributed by atoms with Crippen LogP contribution in [0, 0.1) is 5.92 Å². The van der Waals surface area contributed by atoms with Crippen molar-refractivity contribution in [2.45, 2.75) is 70.1 Å². The van der Waals surface area contributed by atoms with Crippen molar-refractivity contribution >= 4 is 35.5 Å². The fourth-order valence-corrected chi connectivity index (χ4v) is 3.11. The monoisotopic (exact) mass is 510 g/mol. The molecular formula is C21H34N8O7. The molecule has 0 aliphatic carbocycles. The van der Waals surface area contributed by atoms with Crippen LogP contribution in [0.15, 0.2) is 12.5 Å². The van der Waals surface area contributed by atoms with Gasteiger partial charge in [0, 0.05) is 24.7 Å². The third-order valence-electron chi connectivity index (χ3n) is 5.50. The molecule has 0 fully saturated rings. The maximum atomic E-state index is 13.1. The number of H-pyrrole nitrogens is 1. The Morgan fingerprint density at radius 2 is 1.56 bits per heavy atom. The first-order valence-electron chi connectivity index (χ1n) is 11.3. The smallest absolute Gasteiger partial charge is 0.326 e. The summed E-state index contributed by atoms with van der Waals surface area (Å²) < 4.78 is 0. The number of amides is 5. The number of nitrogens with two attached hydrogens (primary N) is 3. The van der Waals surface area contributed by atoms with Crippen molar-refractivity contribution in [2.75, 3.05) is 0 Å². The molecule has 5 unspecified atom stereocenters. The van der Waals surface area contributed by atoms with E-state index in [2.05, 4.69) is 25.9 Å². The van der Waals surface area contributed by atoms with E-state index in [0.717, 1.165) is 0 Å². The van der Waals surface area contributed by atoms with Gasteiger partial charge in [0.2, 0.25) is 29.5 Å². The summed E-state index contributed by atoms with van der Waals surface area (Å²) in [6.07, 6.45) is 2.13. The van der Waals surface area contributed by atoms with Gasteiger partial charge in [-0.2, -0.15) is 0 Å². The Hall–Kier alpha value is -4.01. The lowest BCUT2D eigenvalue weighted by Gasteiger charge is -2.25. The Bertz CT molecular complexity index is 937. The van der Waals surface area contributed by atoms with Crippen molar-refractivity contribution in [3.05, 3.63) is 18.2 Å². The third kappa shape index (κ3) is 10.1. The highest BCUT2D eigenvalue weighted by Gasteiger charge is 2.32. The lowest BCUT2D eigenvalue weighted by molar-refractivity contribution is -0.144. The van der Waals surface area contributed by atoms with Gasteiger partial charge in [-0.25, -0.2) is 9.78 Å². The summed E-state index contributed by atoms with van der Waals surface area (Å²) in [5.74, 6) is -5.81. The molecule has 0 aliphatic heterocycles. The molecule has 1 heterocycles. The summed E-state index contributed by atoms with van der Waals surface area (Å²) in [6, 6.07) is -5.16. The van der Waals surface area contributed by atoms with Crippen LogP contribution in [0.1, 0.15) is 45.2 Å². The van der Waals surface area contributed by atoms with E-state index in [9.17, 15) is 33.9 Å². The Balaban J connectivity index is 3.11. The van der Waals surface area contributed by atoms with Crippen molar-refractivity contribution in [2.24, 2.45) is 23.1 Å². The highest BCUT2D eigenvalue weighted by atomic mass is 16.4. The molecule has 1 rings (SSSR count). The molecule has 0 saturated carbocycles. The molecule has 0 aromatic carbocycles. The lowest BCUT2D eigenvalue weighted by Crippen LogP contribution is -2.58. The molecule has 5 amide bonds. The van der Waals surface area contributed by atoms with Crippen LogP contribution in [0.25, 0.3) is 0 Å². The van der Waals surface area contributed by atoms with E-state index in [1.807, 2.05) is 6.92 Å². The number of nitrogens with zero attached hydrogens (tertiary/aromatic N) is 1. The predicted octanol–water partition coefficient (Wildman–Crippen LogP) is -2.99. The first-order valence-corrected chi connectivity index (χ1v) is 11.3. The zero-order valence-corrected chi connectivity index (χ0v) is 20.2. The van der Waals surface area contributed by atoms with Gasteiger partial charge in [0.25, 0.3) is 0 Å². The van der Waals surface area contributed by atoms with Gasteiger partial charge in [0.1, 0.15) is 18.1 Å². The number of imidazole rings is 1. The van der Waals surface area contributed by atoms with Gasteiger partial charge in [-0.3, -0.25) is 24.0 Å². The quantitative estimate of drug-likeness (QED) is 0.112. The standard InChI is InChI=1S/C21H34N8O7/c1-3-10(2)17(24)20(34)28-13(6-11-8-25-9-26-11)19(33)27-12(4-5-15(22)30)18(32)29-14(21(35)36)7-16(23)31/h8-10,12-14,17H,3-7,24H2,1-2H3,(H2,22,30)(H2,23,31)(H,25,26)(H,27,33)(H,28,34)(H,29,32)(H,35,36). The molecule has 0 spiro atoms. The Morgan fingerprint density at radius 3 is 2.06 bits per heavy atom. The molecule has 0 saturated heterocycles. The second-order valence-corrected chi connectivity index (χ2v) is 8.39. The number of hydrogen-bond acceptors (Lipinski definition) is 8. The maximum Gasteiger partial charge on any atom is 0.326 e. The molecule has 1 aromatic heterocycles. The van der Waals surface area contributed by atoms with Crippen LogP contribution < -0.4 is 33.2 Å². The summed E-state index contributed by atoms with van der Waals surface area (Å²) in [6.45, 7) is 3.64. The lowest BCUT2D eigenvalue weighted by atomic mass is 9.98. The molecular weight excluding hydrogens is 476 g/mol. The SMILES string of the molecule is CCC(C)C(N)C(=O)NC(Cc1cnc[nH]1)C(=O)NC(CCC(N)=O)C(=O)NC(CC(N)=O)C(=O)O. The molecule has 36 heavy (non-hydrogen) atoms. The van der Waals surface area contributed by atoms with Crippen LogP contribution in [0.5, 0.6) is 0 Å². The predicted molar refractivity (Wildman–Crippen MR) is 125 cm³/mol. The number of primary amides is 2. The van der Waals surface area contributed by atoms with Gasteiger partial charge >= 0.3 is 5.97 Å². The maximum absolute atomic E-state index is 13.1. The molecule has 0 radical (unpaired) electrons. The van der Waals surface area contributed by atoms with E-state index < -0.39 is 66.1 Å². The fourth-order valence-electron chi connectivity index (χ4n) is 3.11. The second-order valence-electron chi connectivity index (χ2n) is 8.39. The second kappa shape index (κ2) is 14.4. The number of carbonyl (C=O) groups is 6. The van der Waals surface area contributed by atoms with Crippen molar-refractivity contribution < 1.29 is 33.9 Å². The van der Waals surface area contributed by atoms with Crippen LogP contribution in [0.3, 0.4) is 0 Å². The van der Waals surface area contributed by atoms with E-state index in [1.54, 1.807) is 6.92 Å². The molecule has 200 valence electrons. The highest BCUT2D eigenvalue weighted by molar-refractivity contribution is 5.95. The van der Waals surface area contributed by atoms with Crippen LogP contribution in [0.2, 0.25) is 0 Å². The van der Waals surface area contributed by atoms with E-state index in [1.165, 1.54) is 12.5 Å². The number of rotatable bonds is 16. The third-order valence-corrected chi connectivity index (χ3v) is 5.50. The Kier molecular flexibility index (Phi) is 12.0. The number of carbonyl (C=O) groups excluding carboxylic acids is 5.